The van der Waals surface area contributed by atoms with Crippen LogP contribution < -0.4 is 26.2 Å². The van der Waals surface area contributed by atoms with Gasteiger partial charge in [0.2, 0.25) is 23.6 Å². The van der Waals surface area contributed by atoms with Crippen LogP contribution in [0.5, 0.6) is 0 Å². The van der Waals surface area contributed by atoms with Crippen LogP contribution in [0.3, 0.4) is 0 Å². The standard InChI is InChI=1S/C47H56ClN11O6S2/c1-27-9-7-10-33(48)40(27)56-44(64)35-24-50-46(67-35)54-36-22-37(53-29(3)52-36)57-17-19-58(20-18-57)39(62)12-8-11-38(61)55-42(47(4,5)6)45(65)59-25-32(60)21-34(59)43(63)49-23-30-13-15-31(16-14-30)41-28(2)51-26-66-41/h7,9-10,13-16,22,24,26,32,34,42,60H,8,11-12,17-21,23,25H2,1-6H3,(H,49,63)(H,55,61)(H,56,64)(H,50,52,53,54). The molecule has 0 spiro atoms. The molecular weight excluding hydrogens is 914 g/mol. The van der Waals surface area contributed by atoms with Crippen LogP contribution in [0, 0.1) is 26.2 Å². The minimum absolute atomic E-state index is 0.0279. The van der Waals surface area contributed by atoms with E-state index in [2.05, 4.69) is 46.1 Å². The van der Waals surface area contributed by atoms with Gasteiger partial charge in [0.15, 0.2) is 5.13 Å². The lowest BCUT2D eigenvalue weighted by Crippen LogP contribution is -2.57. The van der Waals surface area contributed by atoms with Gasteiger partial charge in [0.25, 0.3) is 5.91 Å². The van der Waals surface area contributed by atoms with Crippen molar-refractivity contribution in [3.05, 3.63) is 92.8 Å². The molecule has 0 aliphatic carbocycles. The average Bonchev–Trinajstić information content (AvgIpc) is 4.05. The first-order valence-electron chi connectivity index (χ1n) is 22.2. The van der Waals surface area contributed by atoms with E-state index in [4.69, 9.17) is 11.6 Å². The lowest BCUT2D eigenvalue weighted by molar-refractivity contribution is -0.144. The van der Waals surface area contributed by atoms with Crippen molar-refractivity contribution in [1.29, 1.82) is 0 Å². The number of aryl methyl sites for hydroxylation is 3. The minimum atomic E-state index is -0.969. The van der Waals surface area contributed by atoms with Gasteiger partial charge in [0, 0.05) is 64.6 Å². The zero-order valence-corrected chi connectivity index (χ0v) is 40.8. The van der Waals surface area contributed by atoms with Crippen molar-refractivity contribution in [2.45, 2.75) is 92.0 Å². The van der Waals surface area contributed by atoms with Crippen molar-refractivity contribution in [3.63, 3.8) is 0 Å². The van der Waals surface area contributed by atoms with Gasteiger partial charge in [-0.2, -0.15) is 0 Å². The Hall–Kier alpha value is -6.02. The van der Waals surface area contributed by atoms with Gasteiger partial charge in [-0.15, -0.1) is 11.3 Å². The van der Waals surface area contributed by atoms with Crippen molar-refractivity contribution in [2.24, 2.45) is 5.41 Å². The number of aliphatic hydroxyl groups is 1. The monoisotopic (exact) mass is 969 g/mol. The van der Waals surface area contributed by atoms with E-state index in [0.29, 0.717) is 64.4 Å². The summed E-state index contributed by atoms with van der Waals surface area (Å²) in [4.78, 5) is 91.7. The molecule has 0 radical (unpaired) electrons. The number of aromatic nitrogens is 4. The molecule has 2 aliphatic rings. The summed E-state index contributed by atoms with van der Waals surface area (Å²) in [6.45, 7) is 13.3. The van der Waals surface area contributed by atoms with E-state index in [-0.39, 0.29) is 62.4 Å². The van der Waals surface area contributed by atoms with Crippen molar-refractivity contribution >= 4 is 86.3 Å². The number of likely N-dealkylation sites (tertiary alicyclic amines) is 1. The highest BCUT2D eigenvalue weighted by atomic mass is 35.5. The van der Waals surface area contributed by atoms with Gasteiger partial charge in [-0.1, -0.05) is 80.1 Å². The van der Waals surface area contributed by atoms with Crippen molar-refractivity contribution in [1.82, 2.24) is 40.4 Å². The fourth-order valence-electron chi connectivity index (χ4n) is 8.05. The third-order valence-electron chi connectivity index (χ3n) is 11.7. The number of halogens is 1. The minimum Gasteiger partial charge on any atom is -0.391 e. The van der Waals surface area contributed by atoms with Gasteiger partial charge in [-0.3, -0.25) is 24.0 Å². The molecule has 2 aliphatic heterocycles. The maximum Gasteiger partial charge on any atom is 0.267 e. The first-order valence-corrected chi connectivity index (χ1v) is 24.2. The van der Waals surface area contributed by atoms with Crippen LogP contribution in [0.15, 0.2) is 60.2 Å². The van der Waals surface area contributed by atoms with E-state index in [1.54, 1.807) is 35.3 Å². The number of anilines is 4. The number of para-hydroxylation sites is 1. The average molecular weight is 971 g/mol. The highest BCUT2D eigenvalue weighted by Gasteiger charge is 2.44. The van der Waals surface area contributed by atoms with Crippen LogP contribution >= 0.6 is 34.3 Å². The van der Waals surface area contributed by atoms with E-state index in [1.807, 2.05) is 76.5 Å². The molecule has 354 valence electrons. The summed E-state index contributed by atoms with van der Waals surface area (Å²) in [5, 5.41) is 23.4. The maximum atomic E-state index is 14.1. The summed E-state index contributed by atoms with van der Waals surface area (Å²) in [7, 11) is 0. The van der Waals surface area contributed by atoms with Crippen molar-refractivity contribution in [3.8, 4) is 10.4 Å². The molecular formula is C47H56ClN11O6S2. The maximum absolute atomic E-state index is 14.1. The second-order valence-electron chi connectivity index (χ2n) is 17.9. The predicted octanol–water partition coefficient (Wildman–Crippen LogP) is 6.26. The smallest absolute Gasteiger partial charge is 0.267 e. The Labute approximate surface area is 402 Å². The van der Waals surface area contributed by atoms with Gasteiger partial charge in [0.05, 0.1) is 39.1 Å². The van der Waals surface area contributed by atoms with Crippen LogP contribution in [0.1, 0.15) is 78.8 Å². The predicted molar refractivity (Wildman–Crippen MR) is 261 cm³/mol. The summed E-state index contributed by atoms with van der Waals surface area (Å²) in [6, 6.07) is 13.2. The molecule has 0 saturated carbocycles. The molecule has 3 unspecified atom stereocenters. The number of aliphatic hydroxyl groups excluding tert-OH is 1. The lowest BCUT2D eigenvalue weighted by atomic mass is 9.85. The Kier molecular flexibility index (Phi) is 15.5. The van der Waals surface area contributed by atoms with Crippen LogP contribution in [0.2, 0.25) is 5.02 Å². The SMILES string of the molecule is Cc1nc(Nc2ncc(C(=O)Nc3c(C)cccc3Cl)s2)cc(N2CCN(C(=O)CCCC(=O)NC(C(=O)N3CC(O)CC3C(=O)NCc3ccc(-c4scnc4C)cc3)C(C)(C)C)CC2)n1. The Balaban J connectivity index is 0.860. The lowest BCUT2D eigenvalue weighted by Gasteiger charge is -2.36. The number of carbonyl (C=O) groups is 5. The van der Waals surface area contributed by atoms with E-state index < -0.39 is 29.5 Å². The summed E-state index contributed by atoms with van der Waals surface area (Å²) < 4.78 is 0. The molecule has 2 aromatic carbocycles. The van der Waals surface area contributed by atoms with Gasteiger partial charge < -0.3 is 41.1 Å². The molecule has 67 heavy (non-hydrogen) atoms. The zero-order chi connectivity index (χ0) is 48.0. The van der Waals surface area contributed by atoms with Gasteiger partial charge in [-0.25, -0.2) is 19.9 Å². The third kappa shape index (κ3) is 12.3. The number of benzene rings is 2. The molecule has 2 fully saturated rings. The van der Waals surface area contributed by atoms with Gasteiger partial charge in [-0.05, 0) is 55.4 Å². The topological polar surface area (TPSA) is 215 Å². The summed E-state index contributed by atoms with van der Waals surface area (Å²) in [5.41, 5.74) is 5.37. The number of rotatable bonds is 15. The molecule has 17 nitrogen and oxygen atoms in total. The molecule has 5 amide bonds. The second-order valence-corrected chi connectivity index (χ2v) is 20.2. The summed E-state index contributed by atoms with van der Waals surface area (Å²) in [5.74, 6) is 0.132. The van der Waals surface area contributed by atoms with Crippen molar-refractivity contribution in [2.75, 3.05) is 48.3 Å². The number of piperazine rings is 1. The molecule has 0 bridgehead atoms. The molecule has 5 heterocycles. The van der Waals surface area contributed by atoms with E-state index in [0.717, 1.165) is 27.3 Å². The Morgan fingerprint density at radius 2 is 1.70 bits per heavy atom. The number of nitrogens with zero attached hydrogens (tertiary/aromatic N) is 7. The Morgan fingerprint density at radius 3 is 2.39 bits per heavy atom. The number of thiazole rings is 2. The molecule has 3 atom stereocenters. The molecule has 3 aromatic heterocycles. The second kappa shape index (κ2) is 21.3. The van der Waals surface area contributed by atoms with E-state index >= 15 is 0 Å². The van der Waals surface area contributed by atoms with Gasteiger partial charge >= 0.3 is 0 Å². The number of hydrogen-bond acceptors (Lipinski definition) is 14. The fourth-order valence-corrected chi connectivity index (χ4v) is 9.85. The highest BCUT2D eigenvalue weighted by molar-refractivity contribution is 7.17. The number of hydrogen-bond donors (Lipinski definition) is 5. The fraction of sp³-hybridized carbons (Fsp3) is 0.426. The molecule has 7 rings (SSSR count). The summed E-state index contributed by atoms with van der Waals surface area (Å²) in [6.07, 6.45) is 1.16. The van der Waals surface area contributed by atoms with Crippen LogP contribution in [-0.2, 0) is 25.7 Å². The summed E-state index contributed by atoms with van der Waals surface area (Å²) >= 11 is 9.04. The number of carbonyl (C=O) groups excluding carboxylic acids is 5. The quantitative estimate of drug-likeness (QED) is 0.0787. The molecule has 20 heteroatoms. The van der Waals surface area contributed by atoms with Gasteiger partial charge in [0.1, 0.15) is 34.4 Å². The molecule has 5 aromatic rings. The Morgan fingerprint density at radius 1 is 0.955 bits per heavy atom. The number of amides is 5. The van der Waals surface area contributed by atoms with Crippen LogP contribution in [-0.4, -0.2) is 115 Å². The molecule has 2 saturated heterocycles. The highest BCUT2D eigenvalue weighted by Crippen LogP contribution is 2.31. The normalized spacial score (nSPS) is 16.7. The third-order valence-corrected chi connectivity index (χ3v) is 13.9. The van der Waals surface area contributed by atoms with Crippen LogP contribution in [0.25, 0.3) is 10.4 Å². The first kappa shape index (κ1) is 48.9. The molecule has 5 N–H and O–H groups in total. The van der Waals surface area contributed by atoms with Crippen LogP contribution in [0.4, 0.5) is 22.5 Å². The largest absolute Gasteiger partial charge is 0.391 e. The number of nitrogens with one attached hydrogen (secondary N) is 4. The zero-order valence-electron chi connectivity index (χ0n) is 38.4. The Bertz CT molecular complexity index is 2590. The first-order chi connectivity index (χ1) is 31.9. The van der Waals surface area contributed by atoms with E-state index in [9.17, 15) is 29.1 Å². The number of β-amino-alcohol motifs (C(OH)–C–C–N with tert-alkyl or cyclic N) is 1. The van der Waals surface area contributed by atoms with Crippen molar-refractivity contribution < 1.29 is 29.1 Å². The van der Waals surface area contributed by atoms with E-state index in [1.165, 1.54) is 22.4 Å².